The molecule has 1 N–H and O–H groups in total. The van der Waals surface area contributed by atoms with E-state index in [1.807, 2.05) is 26.1 Å². The second kappa shape index (κ2) is 9.87. The van der Waals surface area contributed by atoms with Gasteiger partial charge in [0.25, 0.3) is 0 Å². The SMILES string of the molecule is CCOCCN(C)Cc1cc(CNCC(C)C)ccc1F. The summed E-state index contributed by atoms with van der Waals surface area (Å²) in [6, 6.07) is 5.38. The van der Waals surface area contributed by atoms with Crippen molar-refractivity contribution in [2.75, 3.05) is 33.4 Å². The summed E-state index contributed by atoms with van der Waals surface area (Å²) in [4.78, 5) is 2.08. The van der Waals surface area contributed by atoms with Crippen molar-refractivity contribution < 1.29 is 9.13 Å². The van der Waals surface area contributed by atoms with Crippen molar-refractivity contribution in [2.24, 2.45) is 5.92 Å². The number of rotatable bonds is 10. The standard InChI is InChI=1S/C17H29FN2O/c1-5-21-9-8-20(4)13-16-10-15(6-7-17(16)18)12-19-11-14(2)3/h6-7,10,14,19H,5,8-9,11-13H2,1-4H3. The van der Waals surface area contributed by atoms with E-state index < -0.39 is 0 Å². The molecule has 3 nitrogen and oxygen atoms in total. The van der Waals surface area contributed by atoms with Gasteiger partial charge in [0.1, 0.15) is 5.82 Å². The summed E-state index contributed by atoms with van der Waals surface area (Å²) in [6.07, 6.45) is 0. The monoisotopic (exact) mass is 296 g/mol. The van der Waals surface area contributed by atoms with Crippen LogP contribution >= 0.6 is 0 Å². The molecule has 21 heavy (non-hydrogen) atoms. The highest BCUT2D eigenvalue weighted by Gasteiger charge is 2.07. The molecule has 0 amide bonds. The number of likely N-dealkylation sites (N-methyl/N-ethyl adjacent to an activating group) is 1. The smallest absolute Gasteiger partial charge is 0.127 e. The van der Waals surface area contributed by atoms with Crippen LogP contribution in [0.1, 0.15) is 31.9 Å². The number of hydrogen-bond acceptors (Lipinski definition) is 3. The first-order valence-electron chi connectivity index (χ1n) is 7.77. The van der Waals surface area contributed by atoms with Crippen molar-refractivity contribution in [3.8, 4) is 0 Å². The number of ether oxygens (including phenoxy) is 1. The largest absolute Gasteiger partial charge is 0.380 e. The Morgan fingerprint density at radius 1 is 1.33 bits per heavy atom. The maximum Gasteiger partial charge on any atom is 0.127 e. The number of benzene rings is 1. The molecule has 0 saturated heterocycles. The second-order valence-corrected chi connectivity index (χ2v) is 5.89. The topological polar surface area (TPSA) is 24.5 Å². The summed E-state index contributed by atoms with van der Waals surface area (Å²) in [5.74, 6) is 0.487. The summed E-state index contributed by atoms with van der Waals surface area (Å²) in [5, 5.41) is 3.39. The van der Waals surface area contributed by atoms with Crippen LogP contribution in [0.4, 0.5) is 4.39 Å². The van der Waals surface area contributed by atoms with E-state index >= 15 is 0 Å². The van der Waals surface area contributed by atoms with Gasteiger partial charge in [-0.05, 0) is 38.1 Å². The van der Waals surface area contributed by atoms with Crippen LogP contribution in [0.2, 0.25) is 0 Å². The van der Waals surface area contributed by atoms with Crippen molar-refractivity contribution in [1.82, 2.24) is 10.2 Å². The molecule has 0 fully saturated rings. The molecule has 0 aliphatic rings. The average molecular weight is 296 g/mol. The predicted octanol–water partition coefficient (Wildman–Crippen LogP) is 3.04. The summed E-state index contributed by atoms with van der Waals surface area (Å²) in [6.45, 7) is 10.9. The van der Waals surface area contributed by atoms with Gasteiger partial charge < -0.3 is 10.1 Å². The van der Waals surface area contributed by atoms with E-state index in [0.717, 1.165) is 37.4 Å². The normalized spacial score (nSPS) is 11.6. The first-order valence-corrected chi connectivity index (χ1v) is 7.77. The van der Waals surface area contributed by atoms with Crippen LogP contribution in [0.3, 0.4) is 0 Å². The highest BCUT2D eigenvalue weighted by Crippen LogP contribution is 2.13. The number of nitrogens with zero attached hydrogens (tertiary/aromatic N) is 1. The Labute approximate surface area is 128 Å². The molecule has 0 heterocycles. The van der Waals surface area contributed by atoms with E-state index in [1.54, 1.807) is 6.07 Å². The minimum atomic E-state index is -0.133. The van der Waals surface area contributed by atoms with Crippen molar-refractivity contribution in [1.29, 1.82) is 0 Å². The fourth-order valence-corrected chi connectivity index (χ4v) is 2.10. The molecule has 1 aromatic rings. The Morgan fingerprint density at radius 2 is 2.10 bits per heavy atom. The Kier molecular flexibility index (Phi) is 8.50. The van der Waals surface area contributed by atoms with Crippen LogP contribution in [0.15, 0.2) is 18.2 Å². The van der Waals surface area contributed by atoms with E-state index in [-0.39, 0.29) is 5.82 Å². The lowest BCUT2D eigenvalue weighted by molar-refractivity contribution is 0.120. The maximum absolute atomic E-state index is 13.9. The highest BCUT2D eigenvalue weighted by atomic mass is 19.1. The number of nitrogens with one attached hydrogen (secondary N) is 1. The molecule has 0 radical (unpaired) electrons. The van der Waals surface area contributed by atoms with Crippen LogP contribution < -0.4 is 5.32 Å². The third kappa shape index (κ3) is 7.55. The molecule has 0 aromatic heterocycles. The summed E-state index contributed by atoms with van der Waals surface area (Å²) in [5.41, 5.74) is 1.88. The molecule has 0 saturated carbocycles. The molecule has 0 aliphatic heterocycles. The molecule has 1 rings (SSSR count). The van der Waals surface area contributed by atoms with E-state index in [0.29, 0.717) is 19.1 Å². The summed E-state index contributed by atoms with van der Waals surface area (Å²) in [7, 11) is 1.99. The zero-order valence-electron chi connectivity index (χ0n) is 13.8. The molecule has 4 heteroatoms. The quantitative estimate of drug-likeness (QED) is 0.672. The molecular weight excluding hydrogens is 267 g/mol. The fraction of sp³-hybridized carbons (Fsp3) is 0.647. The van der Waals surface area contributed by atoms with E-state index in [2.05, 4.69) is 24.1 Å². The Morgan fingerprint density at radius 3 is 2.76 bits per heavy atom. The van der Waals surface area contributed by atoms with Gasteiger partial charge in [0.05, 0.1) is 6.61 Å². The number of hydrogen-bond donors (Lipinski definition) is 1. The van der Waals surface area contributed by atoms with E-state index in [4.69, 9.17) is 4.74 Å². The minimum Gasteiger partial charge on any atom is -0.380 e. The van der Waals surface area contributed by atoms with Crippen molar-refractivity contribution in [3.05, 3.63) is 35.1 Å². The Bertz CT molecular complexity index is 410. The number of halogens is 1. The van der Waals surface area contributed by atoms with Crippen LogP contribution in [0.5, 0.6) is 0 Å². The predicted molar refractivity (Wildman–Crippen MR) is 85.8 cm³/mol. The van der Waals surface area contributed by atoms with Gasteiger partial charge >= 0.3 is 0 Å². The van der Waals surface area contributed by atoms with Crippen LogP contribution in [0.25, 0.3) is 0 Å². The molecule has 1 aromatic carbocycles. The summed E-state index contributed by atoms with van der Waals surface area (Å²) >= 11 is 0. The zero-order chi connectivity index (χ0) is 15.7. The maximum atomic E-state index is 13.9. The first-order chi connectivity index (χ1) is 10.0. The van der Waals surface area contributed by atoms with Gasteiger partial charge in [-0.15, -0.1) is 0 Å². The van der Waals surface area contributed by atoms with Crippen LogP contribution in [0, 0.1) is 11.7 Å². The van der Waals surface area contributed by atoms with Crippen molar-refractivity contribution in [3.63, 3.8) is 0 Å². The van der Waals surface area contributed by atoms with Gasteiger partial charge in [0.15, 0.2) is 0 Å². The summed E-state index contributed by atoms with van der Waals surface area (Å²) < 4.78 is 19.2. The van der Waals surface area contributed by atoms with Gasteiger partial charge in [-0.1, -0.05) is 26.0 Å². The third-order valence-electron chi connectivity index (χ3n) is 3.25. The van der Waals surface area contributed by atoms with E-state index in [1.165, 1.54) is 0 Å². The lowest BCUT2D eigenvalue weighted by atomic mass is 10.1. The van der Waals surface area contributed by atoms with Crippen LogP contribution in [-0.2, 0) is 17.8 Å². The zero-order valence-corrected chi connectivity index (χ0v) is 13.8. The van der Waals surface area contributed by atoms with Gasteiger partial charge in [-0.2, -0.15) is 0 Å². The minimum absolute atomic E-state index is 0.133. The van der Waals surface area contributed by atoms with Crippen molar-refractivity contribution in [2.45, 2.75) is 33.9 Å². The van der Waals surface area contributed by atoms with Gasteiger partial charge in [-0.25, -0.2) is 4.39 Å². The van der Waals surface area contributed by atoms with Gasteiger partial charge in [-0.3, -0.25) is 4.90 Å². The van der Waals surface area contributed by atoms with E-state index in [9.17, 15) is 4.39 Å². The van der Waals surface area contributed by atoms with Crippen molar-refractivity contribution >= 4 is 0 Å². The average Bonchev–Trinajstić information content (AvgIpc) is 2.42. The molecule has 0 aliphatic carbocycles. The third-order valence-corrected chi connectivity index (χ3v) is 3.25. The van der Waals surface area contributed by atoms with Crippen LogP contribution in [-0.4, -0.2) is 38.3 Å². The first kappa shape index (κ1) is 18.1. The fourth-order valence-electron chi connectivity index (χ4n) is 2.10. The highest BCUT2D eigenvalue weighted by molar-refractivity contribution is 5.25. The molecule has 120 valence electrons. The van der Waals surface area contributed by atoms with Gasteiger partial charge in [0, 0.05) is 31.8 Å². The van der Waals surface area contributed by atoms with Gasteiger partial charge in [0.2, 0.25) is 0 Å². The molecule has 0 bridgehead atoms. The lowest BCUT2D eigenvalue weighted by Gasteiger charge is -2.17. The molecule has 0 atom stereocenters. The Balaban J connectivity index is 2.52. The second-order valence-electron chi connectivity index (χ2n) is 5.89. The Hall–Kier alpha value is -0.970. The molecular formula is C17H29FN2O. The molecule has 0 spiro atoms. The lowest BCUT2D eigenvalue weighted by Crippen LogP contribution is -2.23. The molecule has 0 unspecified atom stereocenters.